The van der Waals surface area contributed by atoms with Gasteiger partial charge in [0.15, 0.2) is 0 Å². The van der Waals surface area contributed by atoms with Crippen LogP contribution in [0, 0.1) is 12.3 Å². The third-order valence-corrected chi connectivity index (χ3v) is 6.91. The maximum Gasteiger partial charge on any atom is 0.221 e. The topological polar surface area (TPSA) is 68.0 Å². The van der Waals surface area contributed by atoms with Crippen molar-refractivity contribution in [1.29, 1.82) is 0 Å². The minimum atomic E-state index is -0.222. The summed E-state index contributed by atoms with van der Waals surface area (Å²) in [5.74, 6) is 0.173. The van der Waals surface area contributed by atoms with Crippen LogP contribution in [-0.4, -0.2) is 17.4 Å². The van der Waals surface area contributed by atoms with E-state index < -0.39 is 0 Å². The van der Waals surface area contributed by atoms with Crippen LogP contribution in [0.25, 0.3) is 0 Å². The molecule has 0 atom stereocenters. The van der Waals surface area contributed by atoms with E-state index in [9.17, 15) is 4.79 Å². The average molecular weight is 336 g/mol. The Kier molecular flexibility index (Phi) is 5.07. The fourth-order valence-electron chi connectivity index (χ4n) is 4.35. The van der Waals surface area contributed by atoms with E-state index in [0.29, 0.717) is 13.0 Å². The number of nitrogens with zero attached hydrogens (tertiary/aromatic N) is 1. The van der Waals surface area contributed by atoms with Crippen molar-refractivity contribution in [3.8, 4) is 0 Å². The minimum absolute atomic E-state index is 0.0287. The maximum atomic E-state index is 12.8. The standard InChI is InChI=1S/C18H29N3OS/c1-14-12-23-16(20-14)18(9-5-6-10-18)21-15(22)11-17(13-19)7-3-2-4-8-17/h12H,2-11,13,19H2,1H3,(H,21,22). The van der Waals surface area contributed by atoms with Gasteiger partial charge in [-0.3, -0.25) is 4.79 Å². The van der Waals surface area contributed by atoms with Gasteiger partial charge in [0, 0.05) is 17.5 Å². The SMILES string of the molecule is Cc1csc(C2(NC(=O)CC3(CN)CCCCC3)CCCC2)n1. The van der Waals surface area contributed by atoms with Gasteiger partial charge in [0.25, 0.3) is 0 Å². The summed E-state index contributed by atoms with van der Waals surface area (Å²) in [6.07, 6.45) is 10.8. The molecule has 1 aromatic heterocycles. The van der Waals surface area contributed by atoms with E-state index >= 15 is 0 Å². The zero-order valence-corrected chi connectivity index (χ0v) is 15.0. The second kappa shape index (κ2) is 6.89. The van der Waals surface area contributed by atoms with Gasteiger partial charge in [-0.05, 0) is 44.6 Å². The number of thiazole rings is 1. The summed E-state index contributed by atoms with van der Waals surface area (Å²) in [5.41, 5.74) is 6.91. The largest absolute Gasteiger partial charge is 0.344 e. The number of aryl methyl sites for hydroxylation is 1. The first-order valence-corrected chi connectivity index (χ1v) is 9.89. The van der Waals surface area contributed by atoms with Crippen LogP contribution in [0.1, 0.15) is 74.9 Å². The number of carbonyl (C=O) groups excluding carboxylic acids is 1. The third-order valence-electron chi connectivity index (χ3n) is 5.75. The summed E-state index contributed by atoms with van der Waals surface area (Å²) < 4.78 is 0. The van der Waals surface area contributed by atoms with Crippen molar-refractivity contribution in [2.24, 2.45) is 11.1 Å². The molecule has 0 radical (unpaired) electrons. The lowest BCUT2D eigenvalue weighted by molar-refractivity contribution is -0.126. The maximum absolute atomic E-state index is 12.8. The van der Waals surface area contributed by atoms with E-state index in [-0.39, 0.29) is 16.9 Å². The highest BCUT2D eigenvalue weighted by Crippen LogP contribution is 2.42. The van der Waals surface area contributed by atoms with Crippen LogP contribution in [0.15, 0.2) is 5.38 Å². The lowest BCUT2D eigenvalue weighted by atomic mass is 9.71. The number of nitrogens with one attached hydrogen (secondary N) is 1. The van der Waals surface area contributed by atoms with Crippen molar-refractivity contribution in [3.63, 3.8) is 0 Å². The van der Waals surface area contributed by atoms with Gasteiger partial charge in [0.1, 0.15) is 5.01 Å². The molecule has 23 heavy (non-hydrogen) atoms. The molecular weight excluding hydrogens is 306 g/mol. The molecule has 0 saturated heterocycles. The van der Waals surface area contributed by atoms with Gasteiger partial charge in [-0.2, -0.15) is 0 Å². The molecule has 3 rings (SSSR count). The quantitative estimate of drug-likeness (QED) is 0.863. The molecule has 1 amide bonds. The number of hydrogen-bond donors (Lipinski definition) is 2. The third kappa shape index (κ3) is 3.61. The molecule has 5 heteroatoms. The molecule has 0 bridgehead atoms. The Labute approximate surface area is 143 Å². The van der Waals surface area contributed by atoms with Gasteiger partial charge < -0.3 is 11.1 Å². The average Bonchev–Trinajstić information content (AvgIpc) is 3.18. The summed E-state index contributed by atoms with van der Waals surface area (Å²) in [6.45, 7) is 2.65. The first-order chi connectivity index (χ1) is 11.1. The van der Waals surface area contributed by atoms with Gasteiger partial charge in [-0.25, -0.2) is 4.98 Å². The van der Waals surface area contributed by atoms with Crippen LogP contribution in [-0.2, 0) is 10.3 Å². The Morgan fingerprint density at radius 3 is 2.43 bits per heavy atom. The zero-order chi connectivity index (χ0) is 16.3. The second-order valence-electron chi connectivity index (χ2n) is 7.57. The summed E-state index contributed by atoms with van der Waals surface area (Å²) >= 11 is 1.69. The Bertz CT molecular complexity index is 542. The van der Waals surface area contributed by atoms with Crippen molar-refractivity contribution >= 4 is 17.2 Å². The van der Waals surface area contributed by atoms with Crippen molar-refractivity contribution in [2.45, 2.75) is 76.7 Å². The predicted molar refractivity (Wildman–Crippen MR) is 94.3 cm³/mol. The van der Waals surface area contributed by atoms with Gasteiger partial charge in [0.2, 0.25) is 5.91 Å². The van der Waals surface area contributed by atoms with Crippen LogP contribution < -0.4 is 11.1 Å². The van der Waals surface area contributed by atoms with Crippen molar-refractivity contribution < 1.29 is 4.79 Å². The molecule has 2 aliphatic carbocycles. The molecule has 128 valence electrons. The van der Waals surface area contributed by atoms with Gasteiger partial charge in [-0.1, -0.05) is 32.1 Å². The fraction of sp³-hybridized carbons (Fsp3) is 0.778. The Morgan fingerprint density at radius 2 is 1.87 bits per heavy atom. The first kappa shape index (κ1) is 16.9. The molecule has 0 aliphatic heterocycles. The van der Waals surface area contributed by atoms with Gasteiger partial charge in [0.05, 0.1) is 5.54 Å². The first-order valence-electron chi connectivity index (χ1n) is 9.01. The highest BCUT2D eigenvalue weighted by molar-refractivity contribution is 7.09. The number of carbonyl (C=O) groups is 1. The van der Waals surface area contributed by atoms with Gasteiger partial charge >= 0.3 is 0 Å². The normalized spacial score (nSPS) is 22.9. The van der Waals surface area contributed by atoms with E-state index in [1.807, 2.05) is 6.92 Å². The Hall–Kier alpha value is -0.940. The molecule has 0 unspecified atom stereocenters. The lowest BCUT2D eigenvalue weighted by Gasteiger charge is -2.37. The van der Waals surface area contributed by atoms with E-state index in [1.54, 1.807) is 11.3 Å². The van der Waals surface area contributed by atoms with E-state index in [0.717, 1.165) is 36.4 Å². The molecule has 1 heterocycles. The van der Waals surface area contributed by atoms with Crippen molar-refractivity contribution in [3.05, 3.63) is 16.1 Å². The fourth-order valence-corrected chi connectivity index (χ4v) is 5.36. The van der Waals surface area contributed by atoms with Crippen LogP contribution in [0.3, 0.4) is 0 Å². The number of aromatic nitrogens is 1. The lowest BCUT2D eigenvalue weighted by Crippen LogP contribution is -2.47. The van der Waals surface area contributed by atoms with Crippen LogP contribution >= 0.6 is 11.3 Å². The molecule has 2 fully saturated rings. The second-order valence-corrected chi connectivity index (χ2v) is 8.43. The predicted octanol–water partition coefficient (Wildman–Crippen LogP) is 3.64. The number of rotatable bonds is 5. The summed E-state index contributed by atoms with van der Waals surface area (Å²) in [4.78, 5) is 17.5. The number of nitrogens with two attached hydrogens (primary N) is 1. The summed E-state index contributed by atoms with van der Waals surface area (Å²) in [5, 5.41) is 6.56. The molecule has 3 N–H and O–H groups in total. The smallest absolute Gasteiger partial charge is 0.221 e. The van der Waals surface area contributed by atoms with E-state index in [1.165, 1.54) is 32.1 Å². The molecular formula is C18H29N3OS. The van der Waals surface area contributed by atoms with Crippen LogP contribution in [0.5, 0.6) is 0 Å². The summed E-state index contributed by atoms with van der Waals surface area (Å²) in [6, 6.07) is 0. The molecule has 0 aromatic carbocycles. The minimum Gasteiger partial charge on any atom is -0.344 e. The monoisotopic (exact) mass is 335 g/mol. The molecule has 1 aromatic rings. The van der Waals surface area contributed by atoms with Crippen LogP contribution in [0.4, 0.5) is 0 Å². The number of amides is 1. The number of hydrogen-bond acceptors (Lipinski definition) is 4. The Morgan fingerprint density at radius 1 is 1.22 bits per heavy atom. The molecule has 2 saturated carbocycles. The van der Waals surface area contributed by atoms with Crippen molar-refractivity contribution in [2.75, 3.05) is 6.54 Å². The molecule has 4 nitrogen and oxygen atoms in total. The highest BCUT2D eigenvalue weighted by Gasteiger charge is 2.41. The van der Waals surface area contributed by atoms with Crippen molar-refractivity contribution in [1.82, 2.24) is 10.3 Å². The van der Waals surface area contributed by atoms with E-state index in [2.05, 4.69) is 15.7 Å². The van der Waals surface area contributed by atoms with Gasteiger partial charge in [-0.15, -0.1) is 11.3 Å². The molecule has 2 aliphatic rings. The van der Waals surface area contributed by atoms with E-state index in [4.69, 9.17) is 5.73 Å². The highest BCUT2D eigenvalue weighted by atomic mass is 32.1. The Balaban J connectivity index is 1.71. The molecule has 0 spiro atoms. The zero-order valence-electron chi connectivity index (χ0n) is 14.2. The summed E-state index contributed by atoms with van der Waals surface area (Å²) in [7, 11) is 0. The van der Waals surface area contributed by atoms with Crippen LogP contribution in [0.2, 0.25) is 0 Å².